The number of alkyl halides is 1. The van der Waals surface area contributed by atoms with Crippen molar-refractivity contribution in [3.8, 4) is 5.75 Å². The van der Waals surface area contributed by atoms with E-state index in [1.54, 1.807) is 0 Å². The van der Waals surface area contributed by atoms with Gasteiger partial charge in [-0.3, -0.25) is 0 Å². The van der Waals surface area contributed by atoms with Gasteiger partial charge < -0.3 is 14.9 Å². The van der Waals surface area contributed by atoms with E-state index in [9.17, 15) is 14.3 Å². The molecule has 0 aliphatic heterocycles. The van der Waals surface area contributed by atoms with Crippen LogP contribution < -0.4 is 4.74 Å². The van der Waals surface area contributed by atoms with Crippen molar-refractivity contribution in [2.75, 3.05) is 7.11 Å². The largest absolute Gasteiger partial charge is 0.497 e. The zero-order chi connectivity index (χ0) is 12.3. The minimum atomic E-state index is -2.37. The van der Waals surface area contributed by atoms with Crippen molar-refractivity contribution in [1.82, 2.24) is 0 Å². The van der Waals surface area contributed by atoms with E-state index in [4.69, 9.17) is 9.84 Å². The van der Waals surface area contributed by atoms with Crippen molar-refractivity contribution in [2.45, 2.75) is 18.7 Å². The van der Waals surface area contributed by atoms with E-state index in [1.807, 2.05) is 0 Å². The number of benzene rings is 1. The third-order valence-corrected chi connectivity index (χ3v) is 2.38. The van der Waals surface area contributed by atoms with E-state index < -0.39 is 17.7 Å². The van der Waals surface area contributed by atoms with Gasteiger partial charge in [0.2, 0.25) is 6.17 Å². The van der Waals surface area contributed by atoms with Crippen molar-refractivity contribution >= 4 is 5.97 Å². The molecular formula is C11H13FO4. The molecule has 0 aliphatic carbocycles. The summed E-state index contributed by atoms with van der Waals surface area (Å²) in [4.78, 5) is 10.5. The Labute approximate surface area is 92.3 Å². The number of carbonyl (C=O) groups is 1. The number of methoxy groups -OCH3 is 1. The monoisotopic (exact) mass is 228 g/mol. The summed E-state index contributed by atoms with van der Waals surface area (Å²) in [6, 6.07) is 5.90. The number of hydrogen-bond donors (Lipinski definition) is 2. The smallest absolute Gasteiger partial charge is 0.341 e. The van der Waals surface area contributed by atoms with Crippen LogP contribution in [0.4, 0.5) is 4.39 Å². The summed E-state index contributed by atoms with van der Waals surface area (Å²) in [6.45, 7) is 1.12. The minimum Gasteiger partial charge on any atom is -0.497 e. The van der Waals surface area contributed by atoms with Gasteiger partial charge in [0, 0.05) is 0 Å². The van der Waals surface area contributed by atoms with Crippen LogP contribution in [0.3, 0.4) is 0 Å². The first-order valence-corrected chi connectivity index (χ1v) is 4.63. The molecule has 0 saturated carbocycles. The molecule has 0 saturated heterocycles. The van der Waals surface area contributed by atoms with Gasteiger partial charge in [0.15, 0.2) is 0 Å². The van der Waals surface area contributed by atoms with Crippen molar-refractivity contribution in [3.05, 3.63) is 29.8 Å². The maximum Gasteiger partial charge on any atom is 0.341 e. The first-order valence-electron chi connectivity index (χ1n) is 4.63. The standard InChI is InChI=1S/C11H13FO4/c1-11(15,9(12)10(13)14)7-3-5-8(16-2)6-4-7/h3-6,9,15H,1-2H3,(H,13,14). The third kappa shape index (κ3) is 2.30. The molecule has 0 spiro atoms. The van der Waals surface area contributed by atoms with Crippen LogP contribution in [0.25, 0.3) is 0 Å². The maximum absolute atomic E-state index is 13.3. The van der Waals surface area contributed by atoms with E-state index in [0.29, 0.717) is 5.75 Å². The Morgan fingerprint density at radius 1 is 1.44 bits per heavy atom. The highest BCUT2D eigenvalue weighted by molar-refractivity contribution is 5.74. The molecule has 0 aliphatic rings. The molecular weight excluding hydrogens is 215 g/mol. The molecule has 0 fully saturated rings. The van der Waals surface area contributed by atoms with E-state index in [2.05, 4.69) is 0 Å². The van der Waals surface area contributed by atoms with Crippen LogP contribution >= 0.6 is 0 Å². The molecule has 0 aromatic heterocycles. The summed E-state index contributed by atoms with van der Waals surface area (Å²) in [5, 5.41) is 18.3. The van der Waals surface area contributed by atoms with Crippen molar-refractivity contribution < 1.29 is 24.1 Å². The fraction of sp³-hybridized carbons (Fsp3) is 0.364. The van der Waals surface area contributed by atoms with Gasteiger partial charge in [-0.15, -0.1) is 0 Å². The second-order valence-corrected chi connectivity index (χ2v) is 3.58. The molecule has 0 amide bonds. The van der Waals surface area contributed by atoms with Gasteiger partial charge in [-0.1, -0.05) is 12.1 Å². The van der Waals surface area contributed by atoms with Crippen LogP contribution in [0.5, 0.6) is 5.75 Å². The Hall–Kier alpha value is -1.62. The van der Waals surface area contributed by atoms with Gasteiger partial charge in [0.25, 0.3) is 0 Å². The SMILES string of the molecule is COc1ccc(C(C)(O)C(F)C(=O)O)cc1. The Morgan fingerprint density at radius 3 is 2.31 bits per heavy atom. The number of aliphatic hydroxyl groups is 1. The van der Waals surface area contributed by atoms with Crippen molar-refractivity contribution in [3.63, 3.8) is 0 Å². The Balaban J connectivity index is 3.02. The highest BCUT2D eigenvalue weighted by Crippen LogP contribution is 2.28. The summed E-state index contributed by atoms with van der Waals surface area (Å²) < 4.78 is 18.2. The zero-order valence-electron chi connectivity index (χ0n) is 8.98. The van der Waals surface area contributed by atoms with Gasteiger partial charge >= 0.3 is 5.97 Å². The summed E-state index contributed by atoms with van der Waals surface area (Å²) in [5.74, 6) is -1.15. The van der Waals surface area contributed by atoms with Crippen LogP contribution in [-0.4, -0.2) is 29.5 Å². The number of hydrogen-bond acceptors (Lipinski definition) is 3. The van der Waals surface area contributed by atoms with Crippen LogP contribution in [0, 0.1) is 0 Å². The molecule has 2 N–H and O–H groups in total. The highest BCUT2D eigenvalue weighted by atomic mass is 19.1. The normalized spacial score (nSPS) is 16.2. The lowest BCUT2D eigenvalue weighted by atomic mass is 9.91. The van der Waals surface area contributed by atoms with Crippen LogP contribution in [-0.2, 0) is 10.4 Å². The average molecular weight is 228 g/mol. The van der Waals surface area contributed by atoms with Crippen LogP contribution in [0.15, 0.2) is 24.3 Å². The lowest BCUT2D eigenvalue weighted by molar-refractivity contribution is -0.153. The topological polar surface area (TPSA) is 66.8 Å². The second-order valence-electron chi connectivity index (χ2n) is 3.58. The lowest BCUT2D eigenvalue weighted by Gasteiger charge is -2.25. The number of halogens is 1. The van der Waals surface area contributed by atoms with Gasteiger partial charge in [-0.2, -0.15) is 0 Å². The molecule has 5 heteroatoms. The number of rotatable bonds is 4. The van der Waals surface area contributed by atoms with E-state index in [1.165, 1.54) is 31.4 Å². The molecule has 0 radical (unpaired) electrons. The quantitative estimate of drug-likeness (QED) is 0.815. The van der Waals surface area contributed by atoms with Crippen molar-refractivity contribution in [1.29, 1.82) is 0 Å². The van der Waals surface area contributed by atoms with Crippen molar-refractivity contribution in [2.24, 2.45) is 0 Å². The van der Waals surface area contributed by atoms with Crippen LogP contribution in [0.1, 0.15) is 12.5 Å². The predicted molar refractivity (Wildman–Crippen MR) is 55.1 cm³/mol. The van der Waals surface area contributed by atoms with Gasteiger partial charge in [0.1, 0.15) is 11.4 Å². The first-order chi connectivity index (χ1) is 7.39. The van der Waals surface area contributed by atoms with Gasteiger partial charge in [-0.05, 0) is 24.6 Å². The van der Waals surface area contributed by atoms with Crippen LogP contribution in [0.2, 0.25) is 0 Å². The summed E-state index contributed by atoms with van der Waals surface area (Å²) >= 11 is 0. The van der Waals surface area contributed by atoms with E-state index >= 15 is 0 Å². The number of carboxylic acid groups (broad SMARTS) is 1. The Bertz CT molecular complexity index is 372. The molecule has 2 unspecified atom stereocenters. The third-order valence-electron chi connectivity index (χ3n) is 2.38. The summed E-state index contributed by atoms with van der Waals surface area (Å²) in [5.41, 5.74) is -1.87. The molecule has 88 valence electrons. The minimum absolute atomic E-state index is 0.184. The molecule has 2 atom stereocenters. The summed E-state index contributed by atoms with van der Waals surface area (Å²) in [7, 11) is 1.47. The fourth-order valence-corrected chi connectivity index (χ4v) is 1.32. The Kier molecular flexibility index (Phi) is 3.49. The average Bonchev–Trinajstić information content (AvgIpc) is 2.28. The molecule has 1 aromatic rings. The molecule has 4 nitrogen and oxygen atoms in total. The molecule has 0 bridgehead atoms. The highest BCUT2D eigenvalue weighted by Gasteiger charge is 2.39. The second kappa shape index (κ2) is 4.49. The summed E-state index contributed by atoms with van der Waals surface area (Å²) in [6.07, 6.45) is -2.37. The number of aliphatic carboxylic acids is 1. The van der Waals surface area contributed by atoms with E-state index in [0.717, 1.165) is 6.92 Å². The zero-order valence-corrected chi connectivity index (χ0v) is 8.98. The maximum atomic E-state index is 13.3. The molecule has 1 aromatic carbocycles. The van der Waals surface area contributed by atoms with Gasteiger partial charge in [0.05, 0.1) is 7.11 Å². The molecule has 0 heterocycles. The number of ether oxygens (including phenoxy) is 1. The molecule has 16 heavy (non-hydrogen) atoms. The van der Waals surface area contributed by atoms with Gasteiger partial charge in [-0.25, -0.2) is 9.18 Å². The molecule has 1 rings (SSSR count). The predicted octanol–water partition coefficient (Wildman–Crippen LogP) is 1.33. The lowest BCUT2D eigenvalue weighted by Crippen LogP contribution is -2.39. The number of carboxylic acids is 1. The fourth-order valence-electron chi connectivity index (χ4n) is 1.32. The Morgan fingerprint density at radius 2 is 1.94 bits per heavy atom. The first kappa shape index (κ1) is 12.4. The van der Waals surface area contributed by atoms with E-state index in [-0.39, 0.29) is 5.56 Å².